The Morgan fingerprint density at radius 1 is 1.26 bits per heavy atom. The number of hydrogen-bond donors (Lipinski definition) is 2. The standard InChI is InChI=1S/C12H9N3O3S/c16-10(17)5-3-8-2-4-9(19-8)11(18)15-12-13-6-1-7-14-12/h1-7H,(H,16,17)(H,13,14,15,18). The molecule has 2 aromatic rings. The van der Waals surface area contributed by atoms with Crippen molar-refractivity contribution in [3.05, 3.63) is 46.4 Å². The lowest BCUT2D eigenvalue weighted by Crippen LogP contribution is -2.12. The van der Waals surface area contributed by atoms with Gasteiger partial charge >= 0.3 is 5.97 Å². The van der Waals surface area contributed by atoms with Crippen molar-refractivity contribution in [2.75, 3.05) is 5.32 Å². The van der Waals surface area contributed by atoms with Gasteiger partial charge in [-0.25, -0.2) is 14.8 Å². The first kappa shape index (κ1) is 12.9. The summed E-state index contributed by atoms with van der Waals surface area (Å²) in [5, 5.41) is 11.1. The Kier molecular flexibility index (Phi) is 3.99. The van der Waals surface area contributed by atoms with Gasteiger partial charge in [-0.05, 0) is 24.3 Å². The molecule has 2 N–H and O–H groups in total. The number of amides is 1. The van der Waals surface area contributed by atoms with Crippen LogP contribution in [0.3, 0.4) is 0 Å². The van der Waals surface area contributed by atoms with E-state index in [-0.39, 0.29) is 11.9 Å². The van der Waals surface area contributed by atoms with Crippen molar-refractivity contribution in [3.63, 3.8) is 0 Å². The summed E-state index contributed by atoms with van der Waals surface area (Å²) < 4.78 is 0. The maximum absolute atomic E-state index is 11.8. The second-order valence-corrected chi connectivity index (χ2v) is 4.52. The van der Waals surface area contributed by atoms with E-state index in [0.29, 0.717) is 9.75 Å². The SMILES string of the molecule is O=C(O)C=Cc1ccc(C(=O)Nc2ncccn2)s1. The Bertz CT molecular complexity index is 622. The molecule has 2 rings (SSSR count). The largest absolute Gasteiger partial charge is 0.478 e. The Morgan fingerprint density at radius 3 is 2.68 bits per heavy atom. The van der Waals surface area contributed by atoms with E-state index in [4.69, 9.17) is 5.11 Å². The molecular formula is C12H9N3O3S. The number of rotatable bonds is 4. The summed E-state index contributed by atoms with van der Waals surface area (Å²) in [5.74, 6) is -1.13. The second kappa shape index (κ2) is 5.87. The Morgan fingerprint density at radius 2 is 2.00 bits per heavy atom. The van der Waals surface area contributed by atoms with Gasteiger partial charge < -0.3 is 5.11 Å². The van der Waals surface area contributed by atoms with Crippen LogP contribution in [0.5, 0.6) is 0 Å². The van der Waals surface area contributed by atoms with E-state index in [1.54, 1.807) is 18.2 Å². The topological polar surface area (TPSA) is 92.2 Å². The number of carboxylic acid groups (broad SMARTS) is 1. The van der Waals surface area contributed by atoms with Crippen molar-refractivity contribution >= 4 is 35.2 Å². The number of thiophene rings is 1. The van der Waals surface area contributed by atoms with Crippen LogP contribution in [0.1, 0.15) is 14.5 Å². The lowest BCUT2D eigenvalue weighted by molar-refractivity contribution is -0.131. The number of nitrogens with zero attached hydrogens (tertiary/aromatic N) is 2. The van der Waals surface area contributed by atoms with E-state index >= 15 is 0 Å². The molecule has 0 fully saturated rings. The molecule has 2 aromatic heterocycles. The fourth-order valence-electron chi connectivity index (χ4n) is 1.24. The van der Waals surface area contributed by atoms with Gasteiger partial charge in [0.2, 0.25) is 5.95 Å². The van der Waals surface area contributed by atoms with Crippen LogP contribution < -0.4 is 5.32 Å². The van der Waals surface area contributed by atoms with E-state index in [1.807, 2.05) is 0 Å². The molecule has 0 aliphatic carbocycles. The third-order valence-electron chi connectivity index (χ3n) is 2.03. The second-order valence-electron chi connectivity index (χ2n) is 3.40. The van der Waals surface area contributed by atoms with Crippen LogP contribution in [0.4, 0.5) is 5.95 Å². The molecule has 1 amide bonds. The van der Waals surface area contributed by atoms with E-state index < -0.39 is 5.97 Å². The van der Waals surface area contributed by atoms with Crippen molar-refractivity contribution in [1.82, 2.24) is 9.97 Å². The molecule has 0 radical (unpaired) electrons. The molecule has 0 saturated heterocycles. The number of aromatic nitrogens is 2. The smallest absolute Gasteiger partial charge is 0.328 e. The van der Waals surface area contributed by atoms with Crippen molar-refractivity contribution in [2.45, 2.75) is 0 Å². The number of anilines is 1. The van der Waals surface area contributed by atoms with Crippen LogP contribution in [-0.2, 0) is 4.79 Å². The van der Waals surface area contributed by atoms with Crippen molar-refractivity contribution in [2.24, 2.45) is 0 Å². The van der Waals surface area contributed by atoms with Gasteiger partial charge in [-0.3, -0.25) is 10.1 Å². The summed E-state index contributed by atoms with van der Waals surface area (Å²) in [7, 11) is 0. The van der Waals surface area contributed by atoms with Crippen LogP contribution >= 0.6 is 11.3 Å². The quantitative estimate of drug-likeness (QED) is 0.831. The van der Waals surface area contributed by atoms with Crippen molar-refractivity contribution in [3.8, 4) is 0 Å². The summed E-state index contributed by atoms with van der Waals surface area (Å²) in [6.45, 7) is 0. The normalized spacial score (nSPS) is 10.5. The van der Waals surface area contributed by atoms with E-state index in [1.165, 1.54) is 29.8 Å². The summed E-state index contributed by atoms with van der Waals surface area (Å²) in [5.41, 5.74) is 0. The number of carbonyl (C=O) groups excluding carboxylic acids is 1. The Hall–Kier alpha value is -2.54. The Balaban J connectivity index is 2.06. The molecule has 0 atom stereocenters. The lowest BCUT2D eigenvalue weighted by atomic mass is 10.4. The average Bonchev–Trinajstić information content (AvgIpc) is 2.86. The van der Waals surface area contributed by atoms with E-state index in [2.05, 4.69) is 15.3 Å². The number of hydrogen-bond acceptors (Lipinski definition) is 5. The first-order valence-corrected chi connectivity index (χ1v) is 6.06. The Labute approximate surface area is 112 Å². The van der Waals surface area contributed by atoms with Crippen LogP contribution in [0.2, 0.25) is 0 Å². The first-order valence-electron chi connectivity index (χ1n) is 5.24. The predicted octanol–water partition coefficient (Wildman–Crippen LogP) is 1.89. The van der Waals surface area contributed by atoms with E-state index in [9.17, 15) is 9.59 Å². The molecule has 0 bridgehead atoms. The number of carboxylic acids is 1. The molecule has 0 aliphatic heterocycles. The highest BCUT2D eigenvalue weighted by atomic mass is 32.1. The molecule has 0 unspecified atom stereocenters. The van der Waals surface area contributed by atoms with Gasteiger partial charge in [-0.15, -0.1) is 11.3 Å². The van der Waals surface area contributed by atoms with Gasteiger partial charge in [0.1, 0.15) is 0 Å². The monoisotopic (exact) mass is 275 g/mol. The fourth-order valence-corrected chi connectivity index (χ4v) is 2.05. The van der Waals surface area contributed by atoms with Gasteiger partial charge in [0.15, 0.2) is 0 Å². The number of aliphatic carboxylic acids is 1. The summed E-state index contributed by atoms with van der Waals surface area (Å²) in [6, 6.07) is 4.94. The van der Waals surface area contributed by atoms with Gasteiger partial charge in [0.05, 0.1) is 4.88 Å². The highest BCUT2D eigenvalue weighted by Crippen LogP contribution is 2.18. The van der Waals surface area contributed by atoms with Crippen molar-refractivity contribution in [1.29, 1.82) is 0 Å². The third kappa shape index (κ3) is 3.71. The summed E-state index contributed by atoms with van der Waals surface area (Å²) >= 11 is 1.18. The molecule has 0 aliphatic rings. The molecule has 7 heteroatoms. The summed E-state index contributed by atoms with van der Waals surface area (Å²) in [6.07, 6.45) is 5.51. The molecule has 0 aromatic carbocycles. The number of carbonyl (C=O) groups is 2. The lowest BCUT2D eigenvalue weighted by Gasteiger charge is -1.99. The molecule has 6 nitrogen and oxygen atoms in total. The van der Waals surface area contributed by atoms with Gasteiger partial charge in [0.25, 0.3) is 5.91 Å². The fraction of sp³-hybridized carbons (Fsp3) is 0. The summed E-state index contributed by atoms with van der Waals surface area (Å²) in [4.78, 5) is 31.1. The molecule has 0 spiro atoms. The minimum absolute atomic E-state index is 0.225. The highest BCUT2D eigenvalue weighted by Gasteiger charge is 2.09. The molecular weight excluding hydrogens is 266 g/mol. The van der Waals surface area contributed by atoms with E-state index in [0.717, 1.165) is 6.08 Å². The molecule has 19 heavy (non-hydrogen) atoms. The van der Waals surface area contributed by atoms with Gasteiger partial charge in [-0.2, -0.15) is 0 Å². The zero-order valence-corrected chi connectivity index (χ0v) is 10.4. The molecule has 96 valence electrons. The average molecular weight is 275 g/mol. The van der Waals surface area contributed by atoms with Crippen LogP contribution in [0.15, 0.2) is 36.7 Å². The maximum Gasteiger partial charge on any atom is 0.328 e. The first-order chi connectivity index (χ1) is 9.15. The van der Waals surface area contributed by atoms with Gasteiger partial charge in [-0.1, -0.05) is 0 Å². The highest BCUT2D eigenvalue weighted by molar-refractivity contribution is 7.15. The zero-order chi connectivity index (χ0) is 13.7. The third-order valence-corrected chi connectivity index (χ3v) is 3.08. The maximum atomic E-state index is 11.8. The van der Waals surface area contributed by atoms with Crippen molar-refractivity contribution < 1.29 is 14.7 Å². The molecule has 0 saturated carbocycles. The predicted molar refractivity (Wildman–Crippen MR) is 71.0 cm³/mol. The van der Waals surface area contributed by atoms with Crippen LogP contribution in [0, 0.1) is 0 Å². The van der Waals surface area contributed by atoms with Crippen LogP contribution in [0.25, 0.3) is 6.08 Å². The number of nitrogens with one attached hydrogen (secondary N) is 1. The van der Waals surface area contributed by atoms with Crippen LogP contribution in [-0.4, -0.2) is 27.0 Å². The minimum Gasteiger partial charge on any atom is -0.478 e. The zero-order valence-electron chi connectivity index (χ0n) is 9.61. The van der Waals surface area contributed by atoms with Gasteiger partial charge in [0, 0.05) is 23.3 Å². The minimum atomic E-state index is -1.03. The molecule has 2 heterocycles.